The van der Waals surface area contributed by atoms with E-state index in [2.05, 4.69) is 32.2 Å². The minimum Gasteiger partial charge on any atom is -0.398 e. The van der Waals surface area contributed by atoms with Crippen molar-refractivity contribution in [3.8, 4) is 0 Å². The SMILES string of the molecule is Cc1cc(NCCN2CCCCC2)c(Br)cc1N. The number of likely N-dealkylation sites (tertiary alicyclic amines) is 1. The Morgan fingerprint density at radius 1 is 1.28 bits per heavy atom. The lowest BCUT2D eigenvalue weighted by molar-refractivity contribution is 0.237. The Morgan fingerprint density at radius 2 is 2.00 bits per heavy atom. The summed E-state index contributed by atoms with van der Waals surface area (Å²) in [6, 6.07) is 4.08. The maximum atomic E-state index is 5.87. The predicted molar refractivity (Wildman–Crippen MR) is 82.1 cm³/mol. The van der Waals surface area contributed by atoms with Gasteiger partial charge in [0.15, 0.2) is 0 Å². The molecule has 1 aromatic carbocycles. The smallest absolute Gasteiger partial charge is 0.0489 e. The number of nitrogen functional groups attached to an aromatic ring is 1. The molecule has 1 heterocycles. The van der Waals surface area contributed by atoms with Crippen molar-refractivity contribution < 1.29 is 0 Å². The number of rotatable bonds is 4. The molecular formula is C14H22BrN3. The average molecular weight is 312 g/mol. The molecule has 4 heteroatoms. The molecule has 1 aliphatic heterocycles. The Balaban J connectivity index is 1.84. The van der Waals surface area contributed by atoms with Crippen molar-refractivity contribution in [3.05, 3.63) is 22.2 Å². The van der Waals surface area contributed by atoms with Crippen LogP contribution >= 0.6 is 15.9 Å². The van der Waals surface area contributed by atoms with Gasteiger partial charge in [-0.25, -0.2) is 0 Å². The second-order valence-electron chi connectivity index (χ2n) is 5.02. The van der Waals surface area contributed by atoms with Crippen molar-refractivity contribution in [2.45, 2.75) is 26.2 Å². The molecule has 0 atom stereocenters. The minimum atomic E-state index is 0.837. The van der Waals surface area contributed by atoms with E-state index in [4.69, 9.17) is 5.73 Å². The Labute approximate surface area is 118 Å². The highest BCUT2D eigenvalue weighted by Crippen LogP contribution is 2.27. The lowest BCUT2D eigenvalue weighted by Gasteiger charge is -2.26. The van der Waals surface area contributed by atoms with E-state index in [0.717, 1.165) is 34.5 Å². The first-order chi connectivity index (χ1) is 8.66. The molecule has 1 aromatic rings. The van der Waals surface area contributed by atoms with Crippen LogP contribution < -0.4 is 11.1 Å². The molecule has 0 bridgehead atoms. The number of hydrogen-bond acceptors (Lipinski definition) is 3. The highest BCUT2D eigenvalue weighted by molar-refractivity contribution is 9.10. The average Bonchev–Trinajstić information content (AvgIpc) is 2.37. The molecule has 18 heavy (non-hydrogen) atoms. The van der Waals surface area contributed by atoms with Crippen molar-refractivity contribution in [1.82, 2.24) is 4.90 Å². The number of halogens is 1. The molecule has 0 aromatic heterocycles. The van der Waals surface area contributed by atoms with Crippen LogP contribution in [-0.4, -0.2) is 31.1 Å². The van der Waals surface area contributed by atoms with E-state index in [1.165, 1.54) is 32.4 Å². The van der Waals surface area contributed by atoms with Gasteiger partial charge in [-0.3, -0.25) is 0 Å². The first-order valence-corrected chi connectivity index (χ1v) is 7.48. The monoisotopic (exact) mass is 311 g/mol. The highest BCUT2D eigenvalue weighted by atomic mass is 79.9. The van der Waals surface area contributed by atoms with Crippen LogP contribution in [0.1, 0.15) is 24.8 Å². The van der Waals surface area contributed by atoms with Gasteiger partial charge in [0, 0.05) is 28.9 Å². The molecule has 2 rings (SSSR count). The molecule has 3 N–H and O–H groups in total. The first kappa shape index (κ1) is 13.7. The first-order valence-electron chi connectivity index (χ1n) is 6.68. The third-order valence-corrected chi connectivity index (χ3v) is 4.20. The number of nitrogens with one attached hydrogen (secondary N) is 1. The summed E-state index contributed by atoms with van der Waals surface area (Å²) < 4.78 is 1.05. The Morgan fingerprint density at radius 3 is 2.72 bits per heavy atom. The number of piperidine rings is 1. The normalized spacial score (nSPS) is 16.8. The van der Waals surface area contributed by atoms with Crippen LogP contribution in [0.15, 0.2) is 16.6 Å². The van der Waals surface area contributed by atoms with Crippen LogP contribution in [0.4, 0.5) is 11.4 Å². The van der Waals surface area contributed by atoms with Crippen molar-refractivity contribution in [2.24, 2.45) is 0 Å². The number of hydrogen-bond donors (Lipinski definition) is 2. The molecule has 1 fully saturated rings. The van der Waals surface area contributed by atoms with Crippen LogP contribution in [0, 0.1) is 6.92 Å². The van der Waals surface area contributed by atoms with E-state index >= 15 is 0 Å². The predicted octanol–water partition coefficient (Wildman–Crippen LogP) is 3.24. The lowest BCUT2D eigenvalue weighted by atomic mass is 10.1. The summed E-state index contributed by atoms with van der Waals surface area (Å²) in [5.74, 6) is 0. The summed E-state index contributed by atoms with van der Waals surface area (Å²) in [5, 5.41) is 3.48. The van der Waals surface area contributed by atoms with E-state index < -0.39 is 0 Å². The maximum absolute atomic E-state index is 5.87. The summed E-state index contributed by atoms with van der Waals surface area (Å²) in [4.78, 5) is 2.54. The zero-order valence-electron chi connectivity index (χ0n) is 11.0. The molecule has 100 valence electrons. The van der Waals surface area contributed by atoms with Crippen molar-refractivity contribution in [1.29, 1.82) is 0 Å². The fourth-order valence-electron chi connectivity index (χ4n) is 2.36. The Hall–Kier alpha value is -0.740. The standard InChI is InChI=1S/C14H22BrN3/c1-11-9-14(12(15)10-13(11)16)17-5-8-18-6-3-2-4-7-18/h9-10,17H,2-8,16H2,1H3. The number of nitrogens with two attached hydrogens (primary N) is 1. The summed E-state index contributed by atoms with van der Waals surface area (Å²) in [7, 11) is 0. The van der Waals surface area contributed by atoms with Gasteiger partial charge in [-0.05, 0) is 66.5 Å². The second kappa shape index (κ2) is 6.43. The van der Waals surface area contributed by atoms with E-state index in [9.17, 15) is 0 Å². The quantitative estimate of drug-likeness (QED) is 0.839. The molecule has 1 aliphatic rings. The highest BCUT2D eigenvalue weighted by Gasteiger charge is 2.09. The Bertz CT molecular complexity index is 400. The number of nitrogens with zero attached hydrogens (tertiary/aromatic N) is 1. The zero-order valence-corrected chi connectivity index (χ0v) is 12.6. The molecule has 1 saturated heterocycles. The van der Waals surface area contributed by atoms with Crippen LogP contribution in [0.5, 0.6) is 0 Å². The fraction of sp³-hybridized carbons (Fsp3) is 0.571. The molecule has 0 radical (unpaired) electrons. The summed E-state index contributed by atoms with van der Waals surface area (Å²) in [5.41, 5.74) is 8.97. The molecular weight excluding hydrogens is 290 g/mol. The number of benzene rings is 1. The molecule has 3 nitrogen and oxygen atoms in total. The van der Waals surface area contributed by atoms with Gasteiger partial charge in [0.05, 0.1) is 0 Å². The zero-order chi connectivity index (χ0) is 13.0. The molecule has 0 aliphatic carbocycles. The van der Waals surface area contributed by atoms with E-state index in [1.54, 1.807) is 0 Å². The van der Waals surface area contributed by atoms with Crippen LogP contribution in [0.25, 0.3) is 0 Å². The summed E-state index contributed by atoms with van der Waals surface area (Å²) >= 11 is 3.55. The van der Waals surface area contributed by atoms with Gasteiger partial charge in [-0.2, -0.15) is 0 Å². The number of anilines is 2. The molecule has 0 saturated carbocycles. The van der Waals surface area contributed by atoms with E-state index in [1.807, 2.05) is 13.0 Å². The van der Waals surface area contributed by atoms with Gasteiger partial charge in [0.1, 0.15) is 0 Å². The van der Waals surface area contributed by atoms with Crippen LogP contribution in [0.2, 0.25) is 0 Å². The van der Waals surface area contributed by atoms with Crippen molar-refractivity contribution in [3.63, 3.8) is 0 Å². The molecule has 0 amide bonds. The minimum absolute atomic E-state index is 0.837. The summed E-state index contributed by atoms with van der Waals surface area (Å²) in [6.07, 6.45) is 4.10. The van der Waals surface area contributed by atoms with Gasteiger partial charge in [-0.15, -0.1) is 0 Å². The van der Waals surface area contributed by atoms with Gasteiger partial charge in [-0.1, -0.05) is 6.42 Å². The van der Waals surface area contributed by atoms with Gasteiger partial charge in [0.2, 0.25) is 0 Å². The Kier molecular flexibility index (Phi) is 4.89. The van der Waals surface area contributed by atoms with Crippen molar-refractivity contribution in [2.75, 3.05) is 37.2 Å². The van der Waals surface area contributed by atoms with Crippen LogP contribution in [0.3, 0.4) is 0 Å². The van der Waals surface area contributed by atoms with Gasteiger partial charge < -0.3 is 16.0 Å². The second-order valence-corrected chi connectivity index (χ2v) is 5.87. The third kappa shape index (κ3) is 3.62. The number of aryl methyl sites for hydroxylation is 1. The lowest BCUT2D eigenvalue weighted by Crippen LogP contribution is -2.33. The largest absolute Gasteiger partial charge is 0.398 e. The maximum Gasteiger partial charge on any atom is 0.0489 e. The van der Waals surface area contributed by atoms with Gasteiger partial charge in [0.25, 0.3) is 0 Å². The van der Waals surface area contributed by atoms with Crippen LogP contribution in [-0.2, 0) is 0 Å². The molecule has 0 spiro atoms. The van der Waals surface area contributed by atoms with Crippen molar-refractivity contribution >= 4 is 27.3 Å². The summed E-state index contributed by atoms with van der Waals surface area (Å²) in [6.45, 7) is 6.66. The van der Waals surface area contributed by atoms with E-state index in [-0.39, 0.29) is 0 Å². The fourth-order valence-corrected chi connectivity index (χ4v) is 2.87. The molecule has 0 unspecified atom stereocenters. The van der Waals surface area contributed by atoms with Gasteiger partial charge >= 0.3 is 0 Å². The van der Waals surface area contributed by atoms with E-state index in [0.29, 0.717) is 0 Å². The topological polar surface area (TPSA) is 41.3 Å². The third-order valence-electron chi connectivity index (χ3n) is 3.55.